The monoisotopic (exact) mass is 295 g/mol. The topological polar surface area (TPSA) is 66.8 Å². The number of hydrogen-bond acceptors (Lipinski definition) is 3. The van der Waals surface area contributed by atoms with Crippen LogP contribution in [-0.2, 0) is 9.53 Å². The van der Waals surface area contributed by atoms with Crippen LogP contribution in [0.15, 0.2) is 12.7 Å². The molecule has 0 aromatic heterocycles. The second kappa shape index (κ2) is 6.62. The molecule has 20 heavy (non-hydrogen) atoms. The Morgan fingerprint density at radius 3 is 2.55 bits per heavy atom. The van der Waals surface area contributed by atoms with E-state index in [-0.39, 0.29) is 26.1 Å². The number of ether oxygens (including phenoxy) is 1. The number of hydrogen-bond donors (Lipinski definition) is 1. The number of likely N-dealkylation sites (tertiary alicyclic amines) is 1. The molecule has 0 bridgehead atoms. The number of carboxylic acids is 1. The molecule has 1 N–H and O–H groups in total. The molecule has 0 aromatic rings. The van der Waals surface area contributed by atoms with E-state index in [2.05, 4.69) is 6.58 Å². The zero-order valence-electron chi connectivity index (χ0n) is 10.7. The summed E-state index contributed by atoms with van der Waals surface area (Å²) >= 11 is 0. The number of amides is 1. The fourth-order valence-corrected chi connectivity index (χ4v) is 2.23. The predicted octanol–water partition coefficient (Wildman–Crippen LogP) is 2.28. The zero-order chi connectivity index (χ0) is 15.3. The van der Waals surface area contributed by atoms with Gasteiger partial charge in [-0.3, -0.25) is 4.79 Å². The van der Waals surface area contributed by atoms with Crippen molar-refractivity contribution in [1.82, 2.24) is 4.90 Å². The summed E-state index contributed by atoms with van der Waals surface area (Å²) < 4.78 is 41.9. The molecule has 0 aromatic carbocycles. The van der Waals surface area contributed by atoms with E-state index in [1.54, 1.807) is 0 Å². The van der Waals surface area contributed by atoms with Crippen molar-refractivity contribution in [2.75, 3.05) is 19.7 Å². The molecule has 1 heterocycles. The second-order valence-corrected chi connectivity index (χ2v) is 4.73. The highest BCUT2D eigenvalue weighted by molar-refractivity contribution is 5.73. The molecule has 0 radical (unpaired) electrons. The predicted molar refractivity (Wildman–Crippen MR) is 63.0 cm³/mol. The first-order valence-corrected chi connectivity index (χ1v) is 6.05. The molecule has 1 rings (SSSR count). The summed E-state index contributed by atoms with van der Waals surface area (Å²) in [5, 5.41) is 8.95. The number of carbonyl (C=O) groups excluding carboxylic acids is 1. The van der Waals surface area contributed by atoms with E-state index in [9.17, 15) is 22.8 Å². The summed E-state index contributed by atoms with van der Waals surface area (Å²) in [4.78, 5) is 23.6. The van der Waals surface area contributed by atoms with Crippen LogP contribution in [0.25, 0.3) is 0 Å². The van der Waals surface area contributed by atoms with Crippen molar-refractivity contribution in [2.24, 2.45) is 11.8 Å². The first-order valence-electron chi connectivity index (χ1n) is 6.05. The maximum Gasteiger partial charge on any atom is 0.410 e. The SMILES string of the molecule is C=CCOC(=O)N1CC(CC(F)(F)F)CC(C(=O)O)C1. The van der Waals surface area contributed by atoms with Crippen molar-refractivity contribution >= 4 is 12.1 Å². The van der Waals surface area contributed by atoms with Gasteiger partial charge in [0.1, 0.15) is 6.61 Å². The average molecular weight is 295 g/mol. The summed E-state index contributed by atoms with van der Waals surface area (Å²) in [5.41, 5.74) is 0. The lowest BCUT2D eigenvalue weighted by molar-refractivity contribution is -0.156. The zero-order valence-corrected chi connectivity index (χ0v) is 10.7. The van der Waals surface area contributed by atoms with Crippen molar-refractivity contribution in [3.05, 3.63) is 12.7 Å². The van der Waals surface area contributed by atoms with Gasteiger partial charge < -0.3 is 14.7 Å². The molecule has 1 fully saturated rings. The van der Waals surface area contributed by atoms with Crippen LogP contribution in [0.4, 0.5) is 18.0 Å². The number of rotatable bonds is 4. The Kier molecular flexibility index (Phi) is 5.41. The van der Waals surface area contributed by atoms with Crippen molar-refractivity contribution < 1.29 is 32.6 Å². The Balaban J connectivity index is 2.72. The molecule has 8 heteroatoms. The summed E-state index contributed by atoms with van der Waals surface area (Å²) in [6.07, 6.45) is -5.09. The molecule has 1 saturated heterocycles. The van der Waals surface area contributed by atoms with E-state index in [0.29, 0.717) is 0 Å². The van der Waals surface area contributed by atoms with Gasteiger partial charge in [-0.15, -0.1) is 0 Å². The van der Waals surface area contributed by atoms with Crippen LogP contribution in [-0.4, -0.2) is 47.9 Å². The number of halogens is 3. The third-order valence-corrected chi connectivity index (χ3v) is 2.99. The molecular formula is C12H16F3NO4. The van der Waals surface area contributed by atoms with E-state index in [4.69, 9.17) is 9.84 Å². The Hall–Kier alpha value is -1.73. The second-order valence-electron chi connectivity index (χ2n) is 4.73. The van der Waals surface area contributed by atoms with Crippen LogP contribution in [0.1, 0.15) is 12.8 Å². The molecule has 2 unspecified atom stereocenters. The van der Waals surface area contributed by atoms with Crippen LogP contribution >= 0.6 is 0 Å². The van der Waals surface area contributed by atoms with Crippen molar-refractivity contribution in [1.29, 1.82) is 0 Å². The lowest BCUT2D eigenvalue weighted by Crippen LogP contribution is -2.47. The highest BCUT2D eigenvalue weighted by Gasteiger charge is 2.40. The van der Waals surface area contributed by atoms with Gasteiger partial charge in [0, 0.05) is 19.5 Å². The Labute approximate surface area is 114 Å². The number of carboxylic acid groups (broad SMARTS) is 1. The van der Waals surface area contributed by atoms with Gasteiger partial charge in [-0.25, -0.2) is 4.79 Å². The molecule has 0 spiro atoms. The summed E-state index contributed by atoms with van der Waals surface area (Å²) in [6, 6.07) is 0. The molecule has 5 nitrogen and oxygen atoms in total. The minimum Gasteiger partial charge on any atom is -0.481 e. The molecule has 114 valence electrons. The summed E-state index contributed by atoms with van der Waals surface area (Å²) in [5.74, 6) is -3.15. The van der Waals surface area contributed by atoms with E-state index in [1.165, 1.54) is 6.08 Å². The Morgan fingerprint density at radius 1 is 1.40 bits per heavy atom. The van der Waals surface area contributed by atoms with Gasteiger partial charge in [0.15, 0.2) is 0 Å². The minimum atomic E-state index is -4.39. The van der Waals surface area contributed by atoms with Crippen LogP contribution in [0.2, 0.25) is 0 Å². The summed E-state index contributed by atoms with van der Waals surface area (Å²) in [6.45, 7) is 2.98. The molecule has 2 atom stereocenters. The van der Waals surface area contributed by atoms with Gasteiger partial charge in [-0.2, -0.15) is 13.2 Å². The first kappa shape index (κ1) is 16.3. The van der Waals surface area contributed by atoms with Gasteiger partial charge in [-0.05, 0) is 12.3 Å². The minimum absolute atomic E-state index is 0.0724. The normalized spacial score (nSPS) is 23.2. The number of alkyl halides is 3. The number of nitrogens with zero attached hydrogens (tertiary/aromatic N) is 1. The smallest absolute Gasteiger partial charge is 0.410 e. The third kappa shape index (κ3) is 5.10. The molecule has 0 aliphatic carbocycles. The maximum atomic E-state index is 12.4. The molecule has 1 amide bonds. The number of carbonyl (C=O) groups is 2. The lowest BCUT2D eigenvalue weighted by Gasteiger charge is -2.35. The van der Waals surface area contributed by atoms with Crippen LogP contribution < -0.4 is 0 Å². The van der Waals surface area contributed by atoms with Gasteiger partial charge in [0.05, 0.1) is 5.92 Å². The molecular weight excluding hydrogens is 279 g/mol. The first-order chi connectivity index (χ1) is 9.23. The molecule has 1 aliphatic heterocycles. The van der Waals surface area contributed by atoms with Gasteiger partial charge in [0.25, 0.3) is 0 Å². The quantitative estimate of drug-likeness (QED) is 0.808. The molecule has 1 aliphatic rings. The maximum absolute atomic E-state index is 12.4. The van der Waals surface area contributed by atoms with E-state index in [1.807, 2.05) is 0 Å². The largest absolute Gasteiger partial charge is 0.481 e. The number of piperidine rings is 1. The van der Waals surface area contributed by atoms with E-state index < -0.39 is 36.5 Å². The third-order valence-electron chi connectivity index (χ3n) is 2.99. The fraction of sp³-hybridized carbons (Fsp3) is 0.667. The average Bonchev–Trinajstić information content (AvgIpc) is 2.33. The van der Waals surface area contributed by atoms with Crippen LogP contribution in [0.5, 0.6) is 0 Å². The van der Waals surface area contributed by atoms with Gasteiger partial charge >= 0.3 is 18.2 Å². The standard InChI is InChI=1S/C12H16F3NO4/c1-2-3-20-11(19)16-6-8(5-12(13,14)15)4-9(7-16)10(17)18/h2,8-9H,1,3-7H2,(H,17,18). The number of aliphatic carboxylic acids is 1. The van der Waals surface area contributed by atoms with Crippen molar-refractivity contribution in [3.8, 4) is 0 Å². The van der Waals surface area contributed by atoms with Crippen LogP contribution in [0, 0.1) is 11.8 Å². The highest BCUT2D eigenvalue weighted by Crippen LogP contribution is 2.32. The molecule has 0 saturated carbocycles. The van der Waals surface area contributed by atoms with E-state index in [0.717, 1.165) is 4.90 Å². The highest BCUT2D eigenvalue weighted by atomic mass is 19.4. The van der Waals surface area contributed by atoms with Gasteiger partial charge in [-0.1, -0.05) is 12.7 Å². The van der Waals surface area contributed by atoms with E-state index >= 15 is 0 Å². The van der Waals surface area contributed by atoms with Crippen molar-refractivity contribution in [3.63, 3.8) is 0 Å². The van der Waals surface area contributed by atoms with Crippen molar-refractivity contribution in [2.45, 2.75) is 19.0 Å². The van der Waals surface area contributed by atoms with Gasteiger partial charge in [0.2, 0.25) is 0 Å². The fourth-order valence-electron chi connectivity index (χ4n) is 2.23. The summed E-state index contributed by atoms with van der Waals surface area (Å²) in [7, 11) is 0. The Morgan fingerprint density at radius 2 is 2.05 bits per heavy atom. The van der Waals surface area contributed by atoms with Crippen LogP contribution in [0.3, 0.4) is 0 Å². The Bertz CT molecular complexity index is 383. The lowest BCUT2D eigenvalue weighted by atomic mass is 9.87.